The van der Waals surface area contributed by atoms with E-state index >= 15 is 0 Å². The lowest BCUT2D eigenvalue weighted by molar-refractivity contribution is -0.136. The number of amides is 4. The van der Waals surface area contributed by atoms with Crippen molar-refractivity contribution in [2.24, 2.45) is 5.92 Å². The van der Waals surface area contributed by atoms with Crippen LogP contribution in [0.3, 0.4) is 0 Å². The van der Waals surface area contributed by atoms with Gasteiger partial charge in [0.15, 0.2) is 0 Å². The Labute approximate surface area is 137 Å². The van der Waals surface area contributed by atoms with Crippen molar-refractivity contribution in [1.29, 1.82) is 0 Å². The number of urea groups is 1. The summed E-state index contributed by atoms with van der Waals surface area (Å²) < 4.78 is 0. The third-order valence-corrected chi connectivity index (χ3v) is 5.80. The predicted molar refractivity (Wildman–Crippen MR) is 85.6 cm³/mol. The Hall–Kier alpha value is -1.59. The van der Waals surface area contributed by atoms with Gasteiger partial charge in [0, 0.05) is 6.04 Å². The minimum atomic E-state index is -0.754. The molecule has 4 amide bonds. The summed E-state index contributed by atoms with van der Waals surface area (Å²) in [6, 6.07) is -0.205. The standard InChI is InChI=1S/C17H27N3O3/c1-2-12-7-9-17(10-8-12)15(22)20(16(23)19-17)11-14(21)18-13-5-3-4-6-13/h12-13H,2-11H2,1H3,(H,18,21)(H,19,23). The van der Waals surface area contributed by atoms with E-state index in [-0.39, 0.29) is 24.4 Å². The van der Waals surface area contributed by atoms with Crippen LogP contribution in [0.25, 0.3) is 0 Å². The van der Waals surface area contributed by atoms with Crippen molar-refractivity contribution >= 4 is 17.8 Å². The number of nitrogens with one attached hydrogen (secondary N) is 2. The summed E-state index contributed by atoms with van der Waals surface area (Å²) in [5.41, 5.74) is -0.754. The average Bonchev–Trinajstić information content (AvgIpc) is 3.11. The van der Waals surface area contributed by atoms with E-state index in [0.717, 1.165) is 49.8 Å². The van der Waals surface area contributed by atoms with E-state index in [9.17, 15) is 14.4 Å². The number of hydrogen-bond acceptors (Lipinski definition) is 3. The van der Waals surface area contributed by atoms with Gasteiger partial charge in [-0.3, -0.25) is 14.5 Å². The Balaban J connectivity index is 1.59. The van der Waals surface area contributed by atoms with Crippen molar-refractivity contribution in [1.82, 2.24) is 15.5 Å². The number of imide groups is 1. The quantitative estimate of drug-likeness (QED) is 0.777. The van der Waals surface area contributed by atoms with Crippen LogP contribution in [-0.2, 0) is 9.59 Å². The summed E-state index contributed by atoms with van der Waals surface area (Å²) in [6.45, 7) is 2.01. The summed E-state index contributed by atoms with van der Waals surface area (Å²) in [4.78, 5) is 38.2. The van der Waals surface area contributed by atoms with Crippen LogP contribution in [0.4, 0.5) is 4.79 Å². The molecule has 1 aliphatic heterocycles. The predicted octanol–water partition coefficient (Wildman–Crippen LogP) is 1.94. The molecule has 3 fully saturated rings. The number of rotatable bonds is 4. The second-order valence-corrected chi connectivity index (χ2v) is 7.30. The Morgan fingerprint density at radius 1 is 1.22 bits per heavy atom. The molecule has 0 bridgehead atoms. The van der Waals surface area contributed by atoms with E-state index in [0.29, 0.717) is 18.8 Å². The van der Waals surface area contributed by atoms with Gasteiger partial charge in [-0.25, -0.2) is 4.79 Å². The fraction of sp³-hybridized carbons (Fsp3) is 0.824. The van der Waals surface area contributed by atoms with Gasteiger partial charge in [-0.05, 0) is 44.4 Å². The lowest BCUT2D eigenvalue weighted by atomic mass is 9.75. The first-order valence-corrected chi connectivity index (χ1v) is 8.97. The molecule has 128 valence electrons. The molecule has 2 N–H and O–H groups in total. The number of carbonyl (C=O) groups excluding carboxylic acids is 3. The van der Waals surface area contributed by atoms with Gasteiger partial charge < -0.3 is 10.6 Å². The second-order valence-electron chi connectivity index (χ2n) is 7.30. The van der Waals surface area contributed by atoms with Crippen LogP contribution in [0.1, 0.15) is 64.7 Å². The maximum absolute atomic E-state index is 12.7. The highest BCUT2D eigenvalue weighted by Gasteiger charge is 2.52. The zero-order valence-electron chi connectivity index (χ0n) is 13.9. The lowest BCUT2D eigenvalue weighted by Gasteiger charge is -2.34. The largest absolute Gasteiger partial charge is 0.352 e. The molecule has 1 spiro atoms. The van der Waals surface area contributed by atoms with Crippen LogP contribution in [0.5, 0.6) is 0 Å². The summed E-state index contributed by atoms with van der Waals surface area (Å²) in [5, 5.41) is 5.81. The molecule has 1 saturated heterocycles. The summed E-state index contributed by atoms with van der Waals surface area (Å²) in [7, 11) is 0. The summed E-state index contributed by atoms with van der Waals surface area (Å²) in [6.07, 6.45) is 8.68. The molecule has 0 aromatic rings. The fourth-order valence-corrected chi connectivity index (χ4v) is 4.22. The number of carbonyl (C=O) groups is 3. The normalized spacial score (nSPS) is 31.7. The molecule has 0 unspecified atom stereocenters. The molecule has 3 rings (SSSR count). The first-order valence-electron chi connectivity index (χ1n) is 8.97. The first kappa shape index (κ1) is 16.3. The molecular weight excluding hydrogens is 294 g/mol. The molecule has 0 aromatic carbocycles. The fourth-order valence-electron chi connectivity index (χ4n) is 4.22. The van der Waals surface area contributed by atoms with Gasteiger partial charge in [-0.15, -0.1) is 0 Å². The lowest BCUT2D eigenvalue weighted by Crippen LogP contribution is -2.50. The van der Waals surface area contributed by atoms with Gasteiger partial charge in [-0.1, -0.05) is 26.2 Å². The smallest absolute Gasteiger partial charge is 0.325 e. The third-order valence-electron chi connectivity index (χ3n) is 5.80. The Morgan fingerprint density at radius 2 is 1.87 bits per heavy atom. The van der Waals surface area contributed by atoms with E-state index in [2.05, 4.69) is 17.6 Å². The molecule has 2 saturated carbocycles. The van der Waals surface area contributed by atoms with Gasteiger partial charge in [0.25, 0.3) is 5.91 Å². The maximum atomic E-state index is 12.7. The SMILES string of the molecule is CCC1CCC2(CC1)NC(=O)N(CC(=O)NC1CCCC1)C2=O. The van der Waals surface area contributed by atoms with Crippen LogP contribution in [0, 0.1) is 5.92 Å². The highest BCUT2D eigenvalue weighted by Crippen LogP contribution is 2.37. The monoisotopic (exact) mass is 321 g/mol. The van der Waals surface area contributed by atoms with Crippen molar-refractivity contribution in [2.75, 3.05) is 6.54 Å². The van der Waals surface area contributed by atoms with Gasteiger partial charge in [0.1, 0.15) is 12.1 Å². The van der Waals surface area contributed by atoms with E-state index < -0.39 is 11.6 Å². The van der Waals surface area contributed by atoms with Crippen molar-refractivity contribution in [3.8, 4) is 0 Å². The van der Waals surface area contributed by atoms with Crippen LogP contribution >= 0.6 is 0 Å². The molecule has 6 nitrogen and oxygen atoms in total. The minimum absolute atomic E-state index is 0.153. The van der Waals surface area contributed by atoms with E-state index in [1.54, 1.807) is 0 Å². The van der Waals surface area contributed by atoms with Crippen LogP contribution in [0.2, 0.25) is 0 Å². The van der Waals surface area contributed by atoms with Crippen molar-refractivity contribution < 1.29 is 14.4 Å². The molecule has 0 aromatic heterocycles. The highest BCUT2D eigenvalue weighted by atomic mass is 16.2. The topological polar surface area (TPSA) is 78.5 Å². The summed E-state index contributed by atoms with van der Waals surface area (Å²) >= 11 is 0. The van der Waals surface area contributed by atoms with E-state index in [4.69, 9.17) is 0 Å². The zero-order valence-corrected chi connectivity index (χ0v) is 13.9. The molecule has 0 radical (unpaired) electrons. The summed E-state index contributed by atoms with van der Waals surface area (Å²) in [5.74, 6) is 0.211. The Kier molecular flexibility index (Phi) is 4.60. The average molecular weight is 321 g/mol. The third kappa shape index (κ3) is 3.21. The first-order chi connectivity index (χ1) is 11.0. The molecule has 1 heterocycles. The van der Waals surface area contributed by atoms with Crippen molar-refractivity contribution in [3.05, 3.63) is 0 Å². The Morgan fingerprint density at radius 3 is 2.48 bits per heavy atom. The molecular formula is C17H27N3O3. The highest BCUT2D eigenvalue weighted by molar-refractivity contribution is 6.09. The molecule has 2 aliphatic carbocycles. The number of hydrogen-bond donors (Lipinski definition) is 2. The van der Waals surface area contributed by atoms with Crippen molar-refractivity contribution in [3.63, 3.8) is 0 Å². The number of nitrogens with zero attached hydrogens (tertiary/aromatic N) is 1. The van der Waals surface area contributed by atoms with E-state index in [1.165, 1.54) is 0 Å². The zero-order chi connectivity index (χ0) is 16.4. The van der Waals surface area contributed by atoms with Gasteiger partial charge in [0.2, 0.25) is 5.91 Å². The van der Waals surface area contributed by atoms with Crippen molar-refractivity contribution in [2.45, 2.75) is 76.3 Å². The van der Waals surface area contributed by atoms with Crippen LogP contribution in [-0.4, -0.2) is 40.9 Å². The van der Waals surface area contributed by atoms with Crippen LogP contribution < -0.4 is 10.6 Å². The van der Waals surface area contributed by atoms with Gasteiger partial charge in [-0.2, -0.15) is 0 Å². The second kappa shape index (κ2) is 6.49. The molecule has 3 aliphatic rings. The van der Waals surface area contributed by atoms with Crippen LogP contribution in [0.15, 0.2) is 0 Å². The Bertz CT molecular complexity index is 491. The maximum Gasteiger partial charge on any atom is 0.325 e. The molecule has 0 atom stereocenters. The van der Waals surface area contributed by atoms with Gasteiger partial charge in [0.05, 0.1) is 0 Å². The minimum Gasteiger partial charge on any atom is -0.352 e. The molecule has 6 heteroatoms. The van der Waals surface area contributed by atoms with Gasteiger partial charge >= 0.3 is 6.03 Å². The molecule has 23 heavy (non-hydrogen) atoms. The van der Waals surface area contributed by atoms with E-state index in [1.807, 2.05) is 0 Å².